The molecule has 3 aromatic heterocycles. The number of aromatic nitrogens is 4. The first-order valence-corrected chi connectivity index (χ1v) is 9.51. The summed E-state index contributed by atoms with van der Waals surface area (Å²) < 4.78 is 12.0. The summed E-state index contributed by atoms with van der Waals surface area (Å²) in [6, 6.07) is 3.36. The van der Waals surface area contributed by atoms with Gasteiger partial charge in [-0.15, -0.1) is 0 Å². The van der Waals surface area contributed by atoms with Crippen molar-refractivity contribution in [2.75, 3.05) is 37.7 Å². The van der Waals surface area contributed by atoms with E-state index in [-0.39, 0.29) is 18.3 Å². The molecule has 152 valence electrons. The summed E-state index contributed by atoms with van der Waals surface area (Å²) in [5.41, 5.74) is 1.47. The maximum absolute atomic E-state index is 12.5. The molecule has 0 atom stereocenters. The van der Waals surface area contributed by atoms with Crippen molar-refractivity contribution >= 4 is 23.5 Å². The molecule has 0 radical (unpaired) electrons. The van der Waals surface area contributed by atoms with Crippen molar-refractivity contribution < 1.29 is 18.7 Å². The average Bonchev–Trinajstić information content (AvgIpc) is 3.40. The first-order valence-electron chi connectivity index (χ1n) is 9.51. The molecule has 4 heterocycles. The number of nitrogens with zero attached hydrogens (tertiary/aromatic N) is 6. The minimum atomic E-state index is -0.315. The Balaban J connectivity index is 1.61. The Hall–Kier alpha value is -3.43. The Labute approximate surface area is 167 Å². The summed E-state index contributed by atoms with van der Waals surface area (Å²) in [5, 5.41) is 4.30. The van der Waals surface area contributed by atoms with Gasteiger partial charge in [0.25, 0.3) is 11.7 Å². The number of anilines is 1. The van der Waals surface area contributed by atoms with Crippen LogP contribution < -0.4 is 4.90 Å². The third-order valence-corrected chi connectivity index (χ3v) is 4.93. The third-order valence-electron chi connectivity index (χ3n) is 4.93. The Kier molecular flexibility index (Phi) is 5.15. The molecule has 1 saturated heterocycles. The lowest BCUT2D eigenvalue weighted by Gasteiger charge is -2.36. The van der Waals surface area contributed by atoms with E-state index in [4.69, 9.17) is 9.15 Å². The number of ether oxygens (including phenoxy) is 1. The standard InChI is InChI=1S/C19H22N6O4/c1-3-28-16(26)11-14-13(2)22-19-20-12-21-25(19)17(14)23-6-8-24(9-7-23)18(27)15-5-4-10-29-15/h4-5,10,12H,3,6-9,11H2,1-2H3. The average molecular weight is 398 g/mol. The molecule has 0 N–H and O–H groups in total. The third kappa shape index (κ3) is 3.65. The van der Waals surface area contributed by atoms with Crippen LogP contribution in [-0.4, -0.2) is 69.1 Å². The van der Waals surface area contributed by atoms with E-state index in [0.29, 0.717) is 50.0 Å². The molecule has 1 aliphatic heterocycles. The van der Waals surface area contributed by atoms with Crippen molar-refractivity contribution in [3.63, 3.8) is 0 Å². The molecule has 0 saturated carbocycles. The highest BCUT2D eigenvalue weighted by Gasteiger charge is 2.28. The van der Waals surface area contributed by atoms with Gasteiger partial charge in [0.1, 0.15) is 12.1 Å². The highest BCUT2D eigenvalue weighted by Crippen LogP contribution is 2.26. The number of rotatable bonds is 5. The molecular weight excluding hydrogens is 376 g/mol. The van der Waals surface area contributed by atoms with Crippen LogP contribution in [0.25, 0.3) is 5.78 Å². The summed E-state index contributed by atoms with van der Waals surface area (Å²) in [4.78, 5) is 37.2. The van der Waals surface area contributed by atoms with Gasteiger partial charge in [-0.3, -0.25) is 9.59 Å². The first-order chi connectivity index (χ1) is 14.1. The van der Waals surface area contributed by atoms with Crippen LogP contribution in [0.2, 0.25) is 0 Å². The van der Waals surface area contributed by atoms with Crippen molar-refractivity contribution in [1.82, 2.24) is 24.5 Å². The smallest absolute Gasteiger partial charge is 0.310 e. The van der Waals surface area contributed by atoms with Gasteiger partial charge in [-0.1, -0.05) is 0 Å². The monoisotopic (exact) mass is 398 g/mol. The minimum absolute atomic E-state index is 0.101. The van der Waals surface area contributed by atoms with Crippen molar-refractivity contribution in [1.29, 1.82) is 0 Å². The van der Waals surface area contributed by atoms with Crippen molar-refractivity contribution in [2.24, 2.45) is 0 Å². The van der Waals surface area contributed by atoms with Crippen LogP contribution in [-0.2, 0) is 16.0 Å². The fraction of sp³-hybridized carbons (Fsp3) is 0.421. The Morgan fingerprint density at radius 1 is 1.24 bits per heavy atom. The number of amides is 1. The SMILES string of the molecule is CCOC(=O)Cc1c(C)nc2ncnn2c1N1CCN(C(=O)c2ccco2)CC1. The number of piperazine rings is 1. The van der Waals surface area contributed by atoms with Crippen molar-refractivity contribution in [3.8, 4) is 0 Å². The van der Waals surface area contributed by atoms with E-state index < -0.39 is 0 Å². The Bertz CT molecular complexity index is 1020. The number of fused-ring (bicyclic) bond motifs is 1. The summed E-state index contributed by atoms with van der Waals surface area (Å²) in [6.45, 7) is 6.16. The summed E-state index contributed by atoms with van der Waals surface area (Å²) >= 11 is 0. The zero-order chi connectivity index (χ0) is 20.4. The van der Waals surface area contributed by atoms with Gasteiger partial charge in [-0.25, -0.2) is 4.98 Å². The predicted octanol–water partition coefficient (Wildman–Crippen LogP) is 1.09. The molecule has 0 aromatic carbocycles. The molecule has 0 aliphatic carbocycles. The Morgan fingerprint density at radius 3 is 2.72 bits per heavy atom. The molecule has 3 aromatic rings. The van der Waals surface area contributed by atoms with Crippen LogP contribution in [0, 0.1) is 6.92 Å². The molecule has 0 unspecified atom stereocenters. The molecule has 0 bridgehead atoms. The van der Waals surface area contributed by atoms with E-state index in [2.05, 4.69) is 20.0 Å². The molecule has 29 heavy (non-hydrogen) atoms. The number of furan rings is 1. The number of carbonyl (C=O) groups is 2. The van der Waals surface area contributed by atoms with E-state index >= 15 is 0 Å². The van der Waals surface area contributed by atoms with Crippen LogP contribution in [0.1, 0.15) is 28.7 Å². The summed E-state index contributed by atoms with van der Waals surface area (Å²) in [5.74, 6) is 1.13. The summed E-state index contributed by atoms with van der Waals surface area (Å²) in [6.07, 6.45) is 3.03. The number of carbonyl (C=O) groups excluding carboxylic acids is 2. The van der Waals surface area contributed by atoms with Gasteiger partial charge in [0.15, 0.2) is 5.76 Å². The van der Waals surface area contributed by atoms with Gasteiger partial charge in [0, 0.05) is 37.4 Å². The van der Waals surface area contributed by atoms with Gasteiger partial charge < -0.3 is 19.0 Å². The normalized spacial score (nSPS) is 14.4. The van der Waals surface area contributed by atoms with Crippen LogP contribution in [0.3, 0.4) is 0 Å². The van der Waals surface area contributed by atoms with Crippen LogP contribution >= 0.6 is 0 Å². The van der Waals surface area contributed by atoms with Gasteiger partial charge in [0.2, 0.25) is 0 Å². The number of aryl methyl sites for hydroxylation is 1. The molecule has 1 amide bonds. The second-order valence-corrected chi connectivity index (χ2v) is 6.71. The number of esters is 1. The van der Waals surface area contributed by atoms with Crippen molar-refractivity contribution in [2.45, 2.75) is 20.3 Å². The zero-order valence-electron chi connectivity index (χ0n) is 16.4. The lowest BCUT2D eigenvalue weighted by atomic mass is 10.1. The second-order valence-electron chi connectivity index (χ2n) is 6.71. The number of hydrogen-bond acceptors (Lipinski definition) is 8. The molecule has 4 rings (SSSR count). The van der Waals surface area contributed by atoms with Crippen LogP contribution in [0.5, 0.6) is 0 Å². The number of hydrogen-bond donors (Lipinski definition) is 0. The fourth-order valence-electron chi connectivity index (χ4n) is 3.53. The topological polar surface area (TPSA) is 106 Å². The summed E-state index contributed by atoms with van der Waals surface area (Å²) in [7, 11) is 0. The van der Waals surface area contributed by atoms with Gasteiger partial charge >= 0.3 is 5.97 Å². The molecule has 1 aliphatic rings. The quantitative estimate of drug-likeness (QED) is 0.588. The maximum atomic E-state index is 12.5. The minimum Gasteiger partial charge on any atom is -0.466 e. The second kappa shape index (κ2) is 7.90. The fourth-order valence-corrected chi connectivity index (χ4v) is 3.53. The maximum Gasteiger partial charge on any atom is 0.310 e. The van der Waals surface area contributed by atoms with Gasteiger partial charge in [-0.2, -0.15) is 14.6 Å². The van der Waals surface area contributed by atoms with Crippen LogP contribution in [0.4, 0.5) is 5.82 Å². The van der Waals surface area contributed by atoms with Crippen LogP contribution in [0.15, 0.2) is 29.1 Å². The van der Waals surface area contributed by atoms with Crippen molar-refractivity contribution in [3.05, 3.63) is 41.7 Å². The Morgan fingerprint density at radius 2 is 2.03 bits per heavy atom. The van der Waals surface area contributed by atoms with E-state index in [9.17, 15) is 9.59 Å². The predicted molar refractivity (Wildman–Crippen MR) is 103 cm³/mol. The lowest BCUT2D eigenvalue weighted by Crippen LogP contribution is -2.49. The van der Waals surface area contributed by atoms with Gasteiger partial charge in [0.05, 0.1) is 19.3 Å². The van der Waals surface area contributed by atoms with Gasteiger partial charge in [-0.05, 0) is 26.0 Å². The lowest BCUT2D eigenvalue weighted by molar-refractivity contribution is -0.142. The largest absolute Gasteiger partial charge is 0.466 e. The molecule has 10 heteroatoms. The molecular formula is C19H22N6O4. The van der Waals surface area contributed by atoms with E-state index in [1.165, 1.54) is 12.6 Å². The zero-order valence-corrected chi connectivity index (χ0v) is 16.4. The van der Waals surface area contributed by atoms with E-state index in [1.807, 2.05) is 6.92 Å². The molecule has 1 fully saturated rings. The first kappa shape index (κ1) is 18.9. The highest BCUT2D eigenvalue weighted by atomic mass is 16.5. The molecule has 0 spiro atoms. The highest BCUT2D eigenvalue weighted by molar-refractivity contribution is 5.91. The van der Waals surface area contributed by atoms with E-state index in [0.717, 1.165) is 11.4 Å². The molecule has 10 nitrogen and oxygen atoms in total. The van der Waals surface area contributed by atoms with E-state index in [1.54, 1.807) is 28.5 Å².